The standard InChI is InChI=1S/C27H31FN2O6/c28-23-12-7-20(15-24(23)35-16-17-1-2-17)26(32)30-14-13-29-25(31)18-3-8-21(9-4-18)36-22-10-5-19(6-11-22)27(33)34/h3-4,7-9,12,15,17,19,22H,1-2,5-6,10-11,13-14,16H2,(H,29,31)(H,30,32)(H,33,34)/t19-,22+. The molecule has 0 unspecified atom stereocenters. The monoisotopic (exact) mass is 498 g/mol. The summed E-state index contributed by atoms with van der Waals surface area (Å²) in [5, 5.41) is 14.5. The molecular weight excluding hydrogens is 467 g/mol. The smallest absolute Gasteiger partial charge is 0.306 e. The van der Waals surface area contributed by atoms with Crippen molar-refractivity contribution in [2.45, 2.75) is 44.6 Å². The second-order valence-electron chi connectivity index (χ2n) is 9.37. The van der Waals surface area contributed by atoms with Crippen LogP contribution >= 0.6 is 0 Å². The highest BCUT2D eigenvalue weighted by atomic mass is 19.1. The van der Waals surface area contributed by atoms with E-state index in [2.05, 4.69) is 10.6 Å². The third kappa shape index (κ3) is 7.19. The van der Waals surface area contributed by atoms with Crippen molar-refractivity contribution in [1.29, 1.82) is 0 Å². The zero-order valence-electron chi connectivity index (χ0n) is 20.0. The minimum atomic E-state index is -0.748. The molecule has 8 nitrogen and oxygen atoms in total. The van der Waals surface area contributed by atoms with E-state index in [1.807, 2.05) is 0 Å². The lowest BCUT2D eigenvalue weighted by molar-refractivity contribution is -0.143. The van der Waals surface area contributed by atoms with E-state index in [9.17, 15) is 18.8 Å². The summed E-state index contributed by atoms with van der Waals surface area (Å²) in [6.45, 7) is 0.886. The minimum absolute atomic E-state index is 0.0224. The Bertz CT molecular complexity index is 1080. The van der Waals surface area contributed by atoms with Crippen LogP contribution < -0.4 is 20.1 Å². The van der Waals surface area contributed by atoms with E-state index >= 15 is 0 Å². The van der Waals surface area contributed by atoms with Gasteiger partial charge in [0.1, 0.15) is 5.75 Å². The van der Waals surface area contributed by atoms with Crippen molar-refractivity contribution in [2.24, 2.45) is 11.8 Å². The zero-order chi connectivity index (χ0) is 25.5. The van der Waals surface area contributed by atoms with Gasteiger partial charge in [-0.1, -0.05) is 0 Å². The molecule has 0 atom stereocenters. The lowest BCUT2D eigenvalue weighted by atomic mass is 9.87. The molecule has 2 saturated carbocycles. The first kappa shape index (κ1) is 25.5. The maximum absolute atomic E-state index is 13.9. The Hall–Kier alpha value is -3.62. The van der Waals surface area contributed by atoms with Crippen molar-refractivity contribution in [2.75, 3.05) is 19.7 Å². The van der Waals surface area contributed by atoms with Crippen LogP contribution in [0.3, 0.4) is 0 Å². The molecule has 4 rings (SSSR count). The summed E-state index contributed by atoms with van der Waals surface area (Å²) in [5.74, 6) is -1.02. The lowest BCUT2D eigenvalue weighted by Crippen LogP contribution is -2.34. The van der Waals surface area contributed by atoms with Gasteiger partial charge in [-0.2, -0.15) is 0 Å². The normalized spacial score (nSPS) is 19.2. The number of ether oxygens (including phenoxy) is 2. The number of halogens is 1. The Morgan fingerprint density at radius 3 is 2.08 bits per heavy atom. The number of aliphatic carboxylic acids is 1. The van der Waals surface area contributed by atoms with Gasteiger partial charge < -0.3 is 25.2 Å². The van der Waals surface area contributed by atoms with E-state index in [0.29, 0.717) is 55.1 Å². The van der Waals surface area contributed by atoms with E-state index in [0.717, 1.165) is 12.8 Å². The second-order valence-corrected chi connectivity index (χ2v) is 9.37. The Morgan fingerprint density at radius 2 is 1.47 bits per heavy atom. The summed E-state index contributed by atoms with van der Waals surface area (Å²) < 4.78 is 25.3. The summed E-state index contributed by atoms with van der Waals surface area (Å²) in [4.78, 5) is 35.8. The first-order valence-corrected chi connectivity index (χ1v) is 12.4. The molecule has 0 bridgehead atoms. The van der Waals surface area contributed by atoms with E-state index in [1.54, 1.807) is 24.3 Å². The molecule has 0 aliphatic heterocycles. The van der Waals surface area contributed by atoms with E-state index in [1.165, 1.54) is 18.2 Å². The fourth-order valence-corrected chi connectivity index (χ4v) is 4.11. The highest BCUT2D eigenvalue weighted by Crippen LogP contribution is 2.30. The van der Waals surface area contributed by atoms with Gasteiger partial charge in [0.25, 0.3) is 11.8 Å². The van der Waals surface area contributed by atoms with Crippen LogP contribution in [0.5, 0.6) is 11.5 Å². The number of nitrogens with one attached hydrogen (secondary N) is 2. The van der Waals surface area contributed by atoms with Crippen molar-refractivity contribution < 1.29 is 33.4 Å². The number of hydrogen-bond donors (Lipinski definition) is 3. The second kappa shape index (κ2) is 11.9. The van der Waals surface area contributed by atoms with Crippen LogP contribution in [-0.2, 0) is 4.79 Å². The SMILES string of the molecule is O=C(NCCNC(=O)c1ccc(F)c(OCC2CC2)c1)c1ccc(O[C@H]2CC[C@@H](C(=O)O)CC2)cc1. The molecule has 0 aromatic heterocycles. The molecule has 0 radical (unpaired) electrons. The maximum atomic E-state index is 13.9. The molecule has 2 fully saturated rings. The number of carboxylic acids is 1. The Balaban J connectivity index is 1.17. The number of carbonyl (C=O) groups excluding carboxylic acids is 2. The average molecular weight is 499 g/mol. The molecule has 0 heterocycles. The topological polar surface area (TPSA) is 114 Å². The van der Waals surface area contributed by atoms with Crippen molar-refractivity contribution in [3.63, 3.8) is 0 Å². The Labute approximate surface area is 209 Å². The molecule has 2 aliphatic carbocycles. The molecule has 2 amide bonds. The van der Waals surface area contributed by atoms with Gasteiger partial charge in [-0.3, -0.25) is 14.4 Å². The molecule has 2 aliphatic rings. The third-order valence-electron chi connectivity index (χ3n) is 6.50. The van der Waals surface area contributed by atoms with Gasteiger partial charge in [0, 0.05) is 24.2 Å². The predicted molar refractivity (Wildman–Crippen MR) is 130 cm³/mol. The molecule has 2 aromatic rings. The predicted octanol–water partition coefficient (Wildman–Crippen LogP) is 3.80. The van der Waals surface area contributed by atoms with Gasteiger partial charge in [0.2, 0.25) is 0 Å². The summed E-state index contributed by atoms with van der Waals surface area (Å²) >= 11 is 0. The molecule has 0 spiro atoms. The maximum Gasteiger partial charge on any atom is 0.306 e. The highest BCUT2D eigenvalue weighted by Gasteiger charge is 2.27. The average Bonchev–Trinajstić information content (AvgIpc) is 3.71. The fraction of sp³-hybridized carbons (Fsp3) is 0.444. The highest BCUT2D eigenvalue weighted by molar-refractivity contribution is 5.95. The van der Waals surface area contributed by atoms with Crippen LogP contribution in [0.25, 0.3) is 0 Å². The number of hydrogen-bond acceptors (Lipinski definition) is 5. The largest absolute Gasteiger partial charge is 0.490 e. The summed E-state index contributed by atoms with van der Waals surface area (Å²) in [7, 11) is 0. The number of rotatable bonds is 11. The molecule has 0 saturated heterocycles. The van der Waals surface area contributed by atoms with E-state index < -0.39 is 11.8 Å². The van der Waals surface area contributed by atoms with Crippen LogP contribution in [-0.4, -0.2) is 48.7 Å². The van der Waals surface area contributed by atoms with Crippen molar-refractivity contribution in [1.82, 2.24) is 10.6 Å². The van der Waals surface area contributed by atoms with Gasteiger partial charge in [-0.05, 0) is 86.9 Å². The molecule has 2 aromatic carbocycles. The van der Waals surface area contributed by atoms with E-state index in [4.69, 9.17) is 14.6 Å². The van der Waals surface area contributed by atoms with Gasteiger partial charge >= 0.3 is 5.97 Å². The molecule has 9 heteroatoms. The first-order valence-electron chi connectivity index (χ1n) is 12.4. The number of amides is 2. The van der Waals surface area contributed by atoms with Gasteiger partial charge in [0.15, 0.2) is 11.6 Å². The quantitative estimate of drug-likeness (QED) is 0.406. The third-order valence-corrected chi connectivity index (χ3v) is 6.50. The molecular formula is C27H31FN2O6. The molecule has 3 N–H and O–H groups in total. The number of carboxylic acid groups (broad SMARTS) is 1. The van der Waals surface area contributed by atoms with E-state index in [-0.39, 0.29) is 42.7 Å². The molecule has 36 heavy (non-hydrogen) atoms. The fourth-order valence-electron chi connectivity index (χ4n) is 4.11. The lowest BCUT2D eigenvalue weighted by Gasteiger charge is -2.26. The number of benzene rings is 2. The Morgan fingerprint density at radius 1 is 0.861 bits per heavy atom. The molecule has 192 valence electrons. The van der Waals surface area contributed by atoms with Crippen molar-refractivity contribution in [3.8, 4) is 11.5 Å². The Kier molecular flexibility index (Phi) is 8.40. The van der Waals surface area contributed by atoms with Gasteiger partial charge in [-0.15, -0.1) is 0 Å². The van der Waals surface area contributed by atoms with Crippen LogP contribution in [0.1, 0.15) is 59.2 Å². The number of carbonyl (C=O) groups is 3. The van der Waals surface area contributed by atoms with Crippen molar-refractivity contribution in [3.05, 3.63) is 59.4 Å². The van der Waals surface area contributed by atoms with Gasteiger partial charge in [-0.25, -0.2) is 4.39 Å². The van der Waals surface area contributed by atoms with Crippen LogP contribution in [0.15, 0.2) is 42.5 Å². The van der Waals surface area contributed by atoms with Crippen LogP contribution in [0, 0.1) is 17.7 Å². The summed E-state index contributed by atoms with van der Waals surface area (Å²) in [6.07, 6.45) is 4.74. The van der Waals surface area contributed by atoms with Crippen LogP contribution in [0.4, 0.5) is 4.39 Å². The van der Waals surface area contributed by atoms with Crippen molar-refractivity contribution >= 4 is 17.8 Å². The minimum Gasteiger partial charge on any atom is -0.490 e. The summed E-state index contributed by atoms with van der Waals surface area (Å²) in [5.41, 5.74) is 0.750. The summed E-state index contributed by atoms with van der Waals surface area (Å²) in [6, 6.07) is 10.8. The zero-order valence-corrected chi connectivity index (χ0v) is 20.0. The van der Waals surface area contributed by atoms with Gasteiger partial charge in [0.05, 0.1) is 18.6 Å². The van der Waals surface area contributed by atoms with Crippen LogP contribution in [0.2, 0.25) is 0 Å². The first-order chi connectivity index (χ1) is 17.4.